The van der Waals surface area contributed by atoms with Crippen LogP contribution < -0.4 is 9.47 Å². The molecule has 0 radical (unpaired) electrons. The Kier molecular flexibility index (Phi) is 1.86. The SMILES string of the molecule is Cc1cc2c(cc1-c1cnnn1C)OCO2. The molecule has 2 heterocycles. The van der Waals surface area contributed by atoms with Gasteiger partial charge in [0, 0.05) is 12.6 Å². The van der Waals surface area contributed by atoms with E-state index in [9.17, 15) is 0 Å². The van der Waals surface area contributed by atoms with Gasteiger partial charge in [0.05, 0.1) is 11.9 Å². The first-order valence-corrected chi connectivity index (χ1v) is 5.01. The molecule has 0 unspecified atom stereocenters. The molecule has 0 saturated carbocycles. The van der Waals surface area contributed by atoms with Crippen LogP contribution in [0.4, 0.5) is 0 Å². The van der Waals surface area contributed by atoms with Gasteiger partial charge in [0.15, 0.2) is 11.5 Å². The third-order valence-electron chi connectivity index (χ3n) is 2.71. The zero-order valence-electron chi connectivity index (χ0n) is 9.10. The standard InChI is InChI=1S/C11H11N3O2/c1-7-3-10-11(16-6-15-10)4-8(7)9-5-12-13-14(9)2/h3-5H,6H2,1-2H3. The fraction of sp³-hybridized carbons (Fsp3) is 0.273. The zero-order valence-corrected chi connectivity index (χ0v) is 9.10. The van der Waals surface area contributed by atoms with Crippen LogP contribution in [0, 0.1) is 6.92 Å². The molecule has 1 aliphatic heterocycles. The summed E-state index contributed by atoms with van der Waals surface area (Å²) in [6, 6.07) is 3.95. The van der Waals surface area contributed by atoms with Gasteiger partial charge in [-0.3, -0.25) is 0 Å². The first kappa shape index (κ1) is 9.21. The van der Waals surface area contributed by atoms with Crippen molar-refractivity contribution >= 4 is 0 Å². The van der Waals surface area contributed by atoms with Gasteiger partial charge in [-0.25, -0.2) is 4.68 Å². The van der Waals surface area contributed by atoms with Crippen molar-refractivity contribution < 1.29 is 9.47 Å². The Morgan fingerprint density at radius 2 is 2.00 bits per heavy atom. The summed E-state index contributed by atoms with van der Waals surface area (Å²) in [5.41, 5.74) is 3.15. The molecule has 0 bridgehead atoms. The molecule has 0 spiro atoms. The fourth-order valence-electron chi connectivity index (χ4n) is 1.85. The molecule has 0 amide bonds. The molecule has 5 heteroatoms. The van der Waals surface area contributed by atoms with Crippen LogP contribution in [0.25, 0.3) is 11.3 Å². The van der Waals surface area contributed by atoms with Crippen LogP contribution in [-0.2, 0) is 7.05 Å². The second-order valence-electron chi connectivity index (χ2n) is 3.76. The third kappa shape index (κ3) is 1.25. The summed E-state index contributed by atoms with van der Waals surface area (Å²) in [7, 11) is 1.87. The first-order valence-electron chi connectivity index (χ1n) is 5.01. The molecule has 1 aromatic carbocycles. The third-order valence-corrected chi connectivity index (χ3v) is 2.71. The molecule has 16 heavy (non-hydrogen) atoms. The molecular weight excluding hydrogens is 206 g/mol. The van der Waals surface area contributed by atoms with Crippen LogP contribution in [0.5, 0.6) is 11.5 Å². The van der Waals surface area contributed by atoms with Crippen molar-refractivity contribution in [2.45, 2.75) is 6.92 Å². The van der Waals surface area contributed by atoms with Gasteiger partial charge < -0.3 is 9.47 Å². The Bertz CT molecular complexity index is 548. The lowest BCUT2D eigenvalue weighted by atomic mass is 10.1. The predicted molar refractivity (Wildman–Crippen MR) is 57.3 cm³/mol. The van der Waals surface area contributed by atoms with Gasteiger partial charge in [-0.05, 0) is 24.6 Å². The van der Waals surface area contributed by atoms with Crippen molar-refractivity contribution in [3.05, 3.63) is 23.9 Å². The molecule has 0 N–H and O–H groups in total. The van der Waals surface area contributed by atoms with Crippen LogP contribution in [-0.4, -0.2) is 21.8 Å². The summed E-state index contributed by atoms with van der Waals surface area (Å²) < 4.78 is 12.4. The fourth-order valence-corrected chi connectivity index (χ4v) is 1.85. The Morgan fingerprint density at radius 3 is 2.69 bits per heavy atom. The second kappa shape index (κ2) is 3.23. The first-order chi connectivity index (χ1) is 7.75. The van der Waals surface area contributed by atoms with Crippen molar-refractivity contribution in [2.75, 3.05) is 6.79 Å². The van der Waals surface area contributed by atoms with E-state index >= 15 is 0 Å². The van der Waals surface area contributed by atoms with Gasteiger partial charge in [0.1, 0.15) is 0 Å². The number of nitrogens with zero attached hydrogens (tertiary/aromatic N) is 3. The minimum atomic E-state index is 0.294. The number of aromatic nitrogens is 3. The van der Waals surface area contributed by atoms with Crippen molar-refractivity contribution in [3.63, 3.8) is 0 Å². The van der Waals surface area contributed by atoms with E-state index in [1.54, 1.807) is 10.9 Å². The summed E-state index contributed by atoms with van der Waals surface area (Å²) in [4.78, 5) is 0. The Hall–Kier alpha value is -2.04. The molecule has 82 valence electrons. The van der Waals surface area contributed by atoms with Crippen LogP contribution in [0.3, 0.4) is 0 Å². The van der Waals surface area contributed by atoms with Gasteiger partial charge in [-0.15, -0.1) is 5.10 Å². The summed E-state index contributed by atoms with van der Waals surface area (Å²) >= 11 is 0. The van der Waals surface area contributed by atoms with Gasteiger partial charge in [0.25, 0.3) is 0 Å². The van der Waals surface area contributed by atoms with E-state index in [2.05, 4.69) is 10.3 Å². The van der Waals surface area contributed by atoms with Crippen LogP contribution in [0.1, 0.15) is 5.56 Å². The lowest BCUT2D eigenvalue weighted by Crippen LogP contribution is -1.95. The number of ether oxygens (including phenoxy) is 2. The summed E-state index contributed by atoms with van der Waals surface area (Å²) in [6.45, 7) is 2.33. The van der Waals surface area contributed by atoms with Crippen molar-refractivity contribution in [1.82, 2.24) is 15.0 Å². The molecule has 1 aliphatic rings. The van der Waals surface area contributed by atoms with E-state index in [-0.39, 0.29) is 0 Å². The summed E-state index contributed by atoms with van der Waals surface area (Å²) in [5, 5.41) is 7.80. The van der Waals surface area contributed by atoms with E-state index in [0.717, 1.165) is 28.3 Å². The van der Waals surface area contributed by atoms with Crippen LogP contribution in [0.2, 0.25) is 0 Å². The highest BCUT2D eigenvalue weighted by molar-refractivity contribution is 5.68. The molecular formula is C11H11N3O2. The number of hydrogen-bond donors (Lipinski definition) is 0. The highest BCUT2D eigenvalue weighted by atomic mass is 16.7. The largest absolute Gasteiger partial charge is 0.454 e. The molecule has 5 nitrogen and oxygen atoms in total. The van der Waals surface area contributed by atoms with Gasteiger partial charge in [0.2, 0.25) is 6.79 Å². The van der Waals surface area contributed by atoms with Crippen LogP contribution >= 0.6 is 0 Å². The lowest BCUT2D eigenvalue weighted by Gasteiger charge is -2.06. The van der Waals surface area contributed by atoms with E-state index < -0.39 is 0 Å². The monoisotopic (exact) mass is 217 g/mol. The van der Waals surface area contributed by atoms with Crippen molar-refractivity contribution in [1.29, 1.82) is 0 Å². The minimum absolute atomic E-state index is 0.294. The molecule has 2 aromatic rings. The number of rotatable bonds is 1. The number of aryl methyl sites for hydroxylation is 2. The van der Waals surface area contributed by atoms with E-state index in [0.29, 0.717) is 6.79 Å². The summed E-state index contributed by atoms with van der Waals surface area (Å²) in [5.74, 6) is 1.58. The number of benzene rings is 1. The van der Waals surface area contributed by atoms with Crippen molar-refractivity contribution in [3.8, 4) is 22.8 Å². The molecule has 0 atom stereocenters. The van der Waals surface area contributed by atoms with Crippen LogP contribution in [0.15, 0.2) is 18.3 Å². The van der Waals surface area contributed by atoms with Crippen molar-refractivity contribution in [2.24, 2.45) is 7.05 Å². The normalized spacial score (nSPS) is 13.1. The highest BCUT2D eigenvalue weighted by Crippen LogP contribution is 2.37. The van der Waals surface area contributed by atoms with E-state index in [1.807, 2.05) is 26.1 Å². The maximum absolute atomic E-state index is 5.36. The Morgan fingerprint density at radius 1 is 1.25 bits per heavy atom. The second-order valence-corrected chi connectivity index (χ2v) is 3.76. The Balaban J connectivity index is 2.18. The predicted octanol–water partition coefficient (Wildman–Crippen LogP) is 1.52. The number of fused-ring (bicyclic) bond motifs is 1. The average molecular weight is 217 g/mol. The maximum Gasteiger partial charge on any atom is 0.231 e. The molecule has 0 fully saturated rings. The lowest BCUT2D eigenvalue weighted by molar-refractivity contribution is 0.174. The molecule has 0 aliphatic carbocycles. The van der Waals surface area contributed by atoms with E-state index in [4.69, 9.17) is 9.47 Å². The quantitative estimate of drug-likeness (QED) is 0.726. The van der Waals surface area contributed by atoms with Gasteiger partial charge >= 0.3 is 0 Å². The van der Waals surface area contributed by atoms with Gasteiger partial charge in [-0.2, -0.15) is 0 Å². The Labute approximate surface area is 92.6 Å². The smallest absolute Gasteiger partial charge is 0.231 e. The average Bonchev–Trinajstić information content (AvgIpc) is 2.85. The highest BCUT2D eigenvalue weighted by Gasteiger charge is 2.17. The molecule has 1 aromatic heterocycles. The minimum Gasteiger partial charge on any atom is -0.454 e. The maximum atomic E-state index is 5.36. The van der Waals surface area contributed by atoms with Gasteiger partial charge in [-0.1, -0.05) is 5.21 Å². The number of hydrogen-bond acceptors (Lipinski definition) is 4. The molecule has 3 rings (SSSR count). The van der Waals surface area contributed by atoms with E-state index in [1.165, 1.54) is 0 Å². The topological polar surface area (TPSA) is 49.2 Å². The summed E-state index contributed by atoms with van der Waals surface area (Å²) in [6.07, 6.45) is 1.74. The zero-order chi connectivity index (χ0) is 11.1. The molecule has 0 saturated heterocycles.